The molecule has 1 aromatic heterocycles. The van der Waals surface area contributed by atoms with E-state index < -0.39 is 0 Å². The minimum Gasteiger partial charge on any atom is -0.367 e. The Bertz CT molecular complexity index is 1240. The molecular formula is C25H23ClN4O. The second-order valence-corrected chi connectivity index (χ2v) is 8.17. The van der Waals surface area contributed by atoms with E-state index in [0.717, 1.165) is 46.3 Å². The number of hydrogen-bond donors (Lipinski definition) is 0. The van der Waals surface area contributed by atoms with Gasteiger partial charge in [-0.1, -0.05) is 41.9 Å². The lowest BCUT2D eigenvalue weighted by atomic mass is 10.1. The third-order valence-corrected chi connectivity index (χ3v) is 6.16. The molecule has 0 atom stereocenters. The fraction of sp³-hybridized carbons (Fsp3) is 0.200. The Labute approximate surface area is 186 Å². The van der Waals surface area contributed by atoms with Crippen molar-refractivity contribution in [2.45, 2.75) is 6.92 Å². The number of anilines is 1. The molecule has 1 saturated heterocycles. The zero-order chi connectivity index (χ0) is 21.4. The summed E-state index contributed by atoms with van der Waals surface area (Å²) in [4.78, 5) is 22.0. The minimum atomic E-state index is 0.0487. The van der Waals surface area contributed by atoms with Crippen molar-refractivity contribution in [3.05, 3.63) is 89.2 Å². The van der Waals surface area contributed by atoms with Gasteiger partial charge < -0.3 is 9.80 Å². The number of piperazine rings is 1. The maximum absolute atomic E-state index is 13.2. The molecule has 31 heavy (non-hydrogen) atoms. The summed E-state index contributed by atoms with van der Waals surface area (Å²) in [7, 11) is 0. The minimum absolute atomic E-state index is 0.0487. The smallest absolute Gasteiger partial charge is 0.254 e. The van der Waals surface area contributed by atoms with Crippen LogP contribution in [0.25, 0.3) is 16.7 Å². The van der Waals surface area contributed by atoms with Crippen molar-refractivity contribution in [1.29, 1.82) is 0 Å². The van der Waals surface area contributed by atoms with Crippen LogP contribution in [0.15, 0.2) is 72.8 Å². The lowest BCUT2D eigenvalue weighted by Gasteiger charge is -2.36. The molecule has 3 aromatic carbocycles. The van der Waals surface area contributed by atoms with E-state index in [2.05, 4.69) is 21.6 Å². The lowest BCUT2D eigenvalue weighted by molar-refractivity contribution is 0.0747. The highest BCUT2D eigenvalue weighted by molar-refractivity contribution is 6.33. The van der Waals surface area contributed by atoms with Crippen LogP contribution in [0.5, 0.6) is 0 Å². The number of aromatic nitrogens is 2. The molecule has 1 aliphatic rings. The van der Waals surface area contributed by atoms with Crippen LogP contribution in [0.4, 0.5) is 5.69 Å². The fourth-order valence-corrected chi connectivity index (χ4v) is 4.53. The van der Waals surface area contributed by atoms with Gasteiger partial charge in [0.05, 0.1) is 21.7 Å². The summed E-state index contributed by atoms with van der Waals surface area (Å²) in [5, 5.41) is 0.747. The molecule has 1 amide bonds. The highest BCUT2D eigenvalue weighted by Gasteiger charge is 2.24. The molecule has 0 radical (unpaired) electrons. The van der Waals surface area contributed by atoms with Gasteiger partial charge in [0.2, 0.25) is 0 Å². The molecule has 5 rings (SSSR count). The first-order valence-corrected chi connectivity index (χ1v) is 10.8. The number of carbonyl (C=O) groups is 1. The molecule has 2 heterocycles. The van der Waals surface area contributed by atoms with E-state index in [1.807, 2.05) is 72.5 Å². The van der Waals surface area contributed by atoms with Crippen LogP contribution in [0, 0.1) is 6.92 Å². The Balaban J connectivity index is 1.36. The molecule has 1 fully saturated rings. The molecule has 4 aromatic rings. The van der Waals surface area contributed by atoms with E-state index in [9.17, 15) is 4.79 Å². The van der Waals surface area contributed by atoms with E-state index in [0.29, 0.717) is 18.7 Å². The van der Waals surface area contributed by atoms with Gasteiger partial charge in [-0.05, 0) is 49.4 Å². The summed E-state index contributed by atoms with van der Waals surface area (Å²) in [5.74, 6) is 0.951. The van der Waals surface area contributed by atoms with Crippen LogP contribution < -0.4 is 4.90 Å². The fourth-order valence-electron chi connectivity index (χ4n) is 4.28. The zero-order valence-electron chi connectivity index (χ0n) is 17.3. The van der Waals surface area contributed by atoms with Crippen molar-refractivity contribution >= 4 is 34.2 Å². The van der Waals surface area contributed by atoms with Crippen molar-refractivity contribution in [3.8, 4) is 5.69 Å². The van der Waals surface area contributed by atoms with Gasteiger partial charge >= 0.3 is 0 Å². The van der Waals surface area contributed by atoms with E-state index in [4.69, 9.17) is 16.6 Å². The quantitative estimate of drug-likeness (QED) is 0.461. The normalized spacial score (nSPS) is 14.3. The Morgan fingerprint density at radius 1 is 0.903 bits per heavy atom. The lowest BCUT2D eigenvalue weighted by Crippen LogP contribution is -2.48. The second-order valence-electron chi connectivity index (χ2n) is 7.76. The molecule has 0 unspecified atom stereocenters. The third-order valence-electron chi connectivity index (χ3n) is 5.84. The van der Waals surface area contributed by atoms with Crippen molar-refractivity contribution in [2.75, 3.05) is 31.1 Å². The zero-order valence-corrected chi connectivity index (χ0v) is 18.1. The van der Waals surface area contributed by atoms with Gasteiger partial charge in [0, 0.05) is 37.4 Å². The monoisotopic (exact) mass is 430 g/mol. The largest absolute Gasteiger partial charge is 0.367 e. The molecule has 5 nitrogen and oxygen atoms in total. The predicted molar refractivity (Wildman–Crippen MR) is 125 cm³/mol. The maximum atomic E-state index is 13.2. The molecule has 0 bridgehead atoms. The molecule has 156 valence electrons. The van der Waals surface area contributed by atoms with Crippen LogP contribution in [0.3, 0.4) is 0 Å². The van der Waals surface area contributed by atoms with Crippen LogP contribution in [-0.2, 0) is 0 Å². The van der Waals surface area contributed by atoms with E-state index in [-0.39, 0.29) is 5.91 Å². The molecule has 1 aliphatic heterocycles. The van der Waals surface area contributed by atoms with Crippen LogP contribution in [-0.4, -0.2) is 46.5 Å². The molecule has 0 saturated carbocycles. The summed E-state index contributed by atoms with van der Waals surface area (Å²) in [6.45, 7) is 4.85. The Kier molecular flexibility index (Phi) is 5.12. The van der Waals surface area contributed by atoms with Gasteiger partial charge in [-0.3, -0.25) is 9.36 Å². The van der Waals surface area contributed by atoms with Crippen LogP contribution in [0.2, 0.25) is 5.02 Å². The number of benzene rings is 3. The summed E-state index contributed by atoms with van der Waals surface area (Å²) < 4.78 is 2.12. The molecule has 0 aliphatic carbocycles. The highest BCUT2D eigenvalue weighted by atomic mass is 35.5. The first-order chi connectivity index (χ1) is 15.1. The maximum Gasteiger partial charge on any atom is 0.254 e. The highest BCUT2D eigenvalue weighted by Crippen LogP contribution is 2.27. The average molecular weight is 431 g/mol. The van der Waals surface area contributed by atoms with Gasteiger partial charge in [-0.15, -0.1) is 0 Å². The number of aryl methyl sites for hydroxylation is 1. The SMILES string of the molecule is Cc1nc2cc(C(=O)N3CCN(c4ccccc4Cl)CC3)ccc2n1-c1ccccc1. The van der Waals surface area contributed by atoms with Gasteiger partial charge in [0.15, 0.2) is 0 Å². The van der Waals surface area contributed by atoms with Crippen molar-refractivity contribution in [3.63, 3.8) is 0 Å². The topological polar surface area (TPSA) is 41.4 Å². The van der Waals surface area contributed by atoms with Crippen molar-refractivity contribution in [1.82, 2.24) is 14.5 Å². The Morgan fingerprint density at radius 2 is 1.61 bits per heavy atom. The number of fused-ring (bicyclic) bond motifs is 1. The summed E-state index contributed by atoms with van der Waals surface area (Å²) in [6, 6.07) is 23.8. The summed E-state index contributed by atoms with van der Waals surface area (Å²) in [6.07, 6.45) is 0. The van der Waals surface area contributed by atoms with Gasteiger partial charge in [-0.25, -0.2) is 4.98 Å². The number of carbonyl (C=O) groups excluding carboxylic acids is 1. The molecule has 0 N–H and O–H groups in total. The van der Waals surface area contributed by atoms with Crippen LogP contribution in [0.1, 0.15) is 16.2 Å². The molecule has 6 heteroatoms. The van der Waals surface area contributed by atoms with Crippen LogP contribution >= 0.6 is 11.6 Å². The summed E-state index contributed by atoms with van der Waals surface area (Å²) in [5.41, 5.74) is 4.61. The number of rotatable bonds is 3. The number of imidazole rings is 1. The van der Waals surface area contributed by atoms with E-state index in [1.54, 1.807) is 0 Å². The average Bonchev–Trinajstić information content (AvgIpc) is 3.14. The number of para-hydroxylation sites is 2. The number of halogens is 1. The predicted octanol–water partition coefficient (Wildman–Crippen LogP) is 4.95. The number of amides is 1. The van der Waals surface area contributed by atoms with Gasteiger partial charge in [-0.2, -0.15) is 0 Å². The van der Waals surface area contributed by atoms with Crippen molar-refractivity contribution < 1.29 is 4.79 Å². The Hall–Kier alpha value is -3.31. The Morgan fingerprint density at radius 3 is 2.35 bits per heavy atom. The standard InChI is InChI=1S/C25H23ClN4O/c1-18-27-22-17-19(11-12-24(22)30(18)20-7-3-2-4-8-20)25(31)29-15-13-28(14-16-29)23-10-6-5-9-21(23)26/h2-12,17H,13-16H2,1H3. The summed E-state index contributed by atoms with van der Waals surface area (Å²) >= 11 is 6.34. The van der Waals surface area contributed by atoms with E-state index in [1.165, 1.54) is 0 Å². The first-order valence-electron chi connectivity index (χ1n) is 10.4. The second kappa shape index (κ2) is 8.08. The number of nitrogens with zero attached hydrogens (tertiary/aromatic N) is 4. The molecular weight excluding hydrogens is 408 g/mol. The van der Waals surface area contributed by atoms with E-state index >= 15 is 0 Å². The number of hydrogen-bond acceptors (Lipinski definition) is 3. The van der Waals surface area contributed by atoms with Crippen molar-refractivity contribution in [2.24, 2.45) is 0 Å². The van der Waals surface area contributed by atoms with Gasteiger partial charge in [0.1, 0.15) is 5.82 Å². The molecule has 0 spiro atoms. The first kappa shape index (κ1) is 19.6. The third kappa shape index (κ3) is 3.66. The van der Waals surface area contributed by atoms with Gasteiger partial charge in [0.25, 0.3) is 5.91 Å².